The summed E-state index contributed by atoms with van der Waals surface area (Å²) >= 11 is 1.97. The van der Waals surface area contributed by atoms with Crippen LogP contribution in [0.3, 0.4) is 0 Å². The van der Waals surface area contributed by atoms with E-state index < -0.39 is 24.4 Å². The first-order chi connectivity index (χ1) is 12.7. The molecule has 27 heavy (non-hydrogen) atoms. The summed E-state index contributed by atoms with van der Waals surface area (Å²) < 4.78 is 16.1. The van der Waals surface area contributed by atoms with E-state index in [1.165, 1.54) is 36.9 Å². The van der Waals surface area contributed by atoms with Gasteiger partial charge in [-0.3, -0.25) is 14.4 Å². The number of aliphatic hydroxyl groups excluding tert-OH is 2. The Labute approximate surface area is 168 Å². The van der Waals surface area contributed by atoms with Crippen LogP contribution >= 0.6 is 22.6 Å². The molecule has 0 saturated heterocycles. The van der Waals surface area contributed by atoms with Crippen LogP contribution in [0.2, 0.25) is 0 Å². The minimum atomic E-state index is -1.15. The van der Waals surface area contributed by atoms with Crippen molar-refractivity contribution in [2.45, 2.75) is 13.0 Å². The van der Waals surface area contributed by atoms with Crippen LogP contribution < -0.4 is 16.4 Å². The second kappa shape index (κ2) is 9.26. The summed E-state index contributed by atoms with van der Waals surface area (Å²) in [5, 5.41) is 20.8. The van der Waals surface area contributed by atoms with E-state index in [1.807, 2.05) is 22.6 Å². The molecular weight excluding hydrogens is 472 g/mol. The fourth-order valence-electron chi connectivity index (χ4n) is 2.26. The number of nitrogens with one attached hydrogen (secondary N) is 2. The van der Waals surface area contributed by atoms with Crippen LogP contribution in [0.25, 0.3) is 0 Å². The molecule has 0 bridgehead atoms. The quantitative estimate of drug-likeness (QED) is 0.342. The van der Waals surface area contributed by atoms with E-state index in [0.29, 0.717) is 3.57 Å². The SMILES string of the molecule is Cc1c(Nc2ccc(I)cc2F)c(C(=O)NOCC(O)CO)cn(C)c1=O. The molecule has 10 heteroatoms. The molecule has 0 spiro atoms. The number of hydroxylamine groups is 1. The normalized spacial score (nSPS) is 11.9. The molecule has 2 rings (SSSR count). The van der Waals surface area contributed by atoms with E-state index in [1.54, 1.807) is 6.07 Å². The van der Waals surface area contributed by atoms with Crippen LogP contribution in [0.4, 0.5) is 15.8 Å². The van der Waals surface area contributed by atoms with Gasteiger partial charge in [-0.1, -0.05) is 0 Å². The Morgan fingerprint density at radius 3 is 2.78 bits per heavy atom. The molecule has 0 fully saturated rings. The second-order valence-corrected chi connectivity index (χ2v) is 7.03. The first kappa shape index (κ1) is 21.3. The molecule has 0 radical (unpaired) electrons. The van der Waals surface area contributed by atoms with Crippen LogP contribution in [0.15, 0.2) is 29.2 Å². The number of pyridine rings is 1. The molecule has 1 heterocycles. The van der Waals surface area contributed by atoms with Gasteiger partial charge in [0, 0.05) is 22.4 Å². The molecule has 1 aromatic heterocycles. The summed E-state index contributed by atoms with van der Waals surface area (Å²) in [6, 6.07) is 4.50. The topological polar surface area (TPSA) is 113 Å². The number of aryl methyl sites for hydroxylation is 1. The van der Waals surface area contributed by atoms with Crippen molar-refractivity contribution in [3.8, 4) is 0 Å². The smallest absolute Gasteiger partial charge is 0.278 e. The summed E-state index contributed by atoms with van der Waals surface area (Å²) in [5.74, 6) is -1.23. The Kier molecular flexibility index (Phi) is 7.30. The van der Waals surface area contributed by atoms with Crippen molar-refractivity contribution in [2.24, 2.45) is 7.05 Å². The number of hydrogen-bond acceptors (Lipinski definition) is 6. The number of carbonyl (C=O) groups is 1. The molecule has 1 atom stereocenters. The molecule has 2 aromatic rings. The van der Waals surface area contributed by atoms with Gasteiger partial charge in [-0.2, -0.15) is 0 Å². The molecule has 1 amide bonds. The summed E-state index contributed by atoms with van der Waals surface area (Å²) in [6.07, 6.45) is 0.148. The number of anilines is 2. The third kappa shape index (κ3) is 5.25. The van der Waals surface area contributed by atoms with Gasteiger partial charge in [0.2, 0.25) is 0 Å². The van der Waals surface area contributed by atoms with E-state index in [4.69, 9.17) is 9.94 Å². The summed E-state index contributed by atoms with van der Waals surface area (Å²) in [6.45, 7) is 0.678. The highest BCUT2D eigenvalue weighted by Gasteiger charge is 2.19. The number of aromatic nitrogens is 1. The van der Waals surface area contributed by atoms with Crippen molar-refractivity contribution >= 4 is 39.9 Å². The predicted molar refractivity (Wildman–Crippen MR) is 105 cm³/mol. The lowest BCUT2D eigenvalue weighted by Gasteiger charge is -2.17. The Morgan fingerprint density at radius 1 is 1.44 bits per heavy atom. The Balaban J connectivity index is 2.36. The lowest BCUT2D eigenvalue weighted by molar-refractivity contribution is -0.0295. The highest BCUT2D eigenvalue weighted by Crippen LogP contribution is 2.26. The standard InChI is InChI=1S/C17H19FIN3O5/c1-9-15(20-14-4-3-10(19)5-13(14)18)12(6-22(2)17(9)26)16(25)21-27-8-11(24)7-23/h3-6,11,20,23-24H,7-8H2,1-2H3,(H,21,25). The number of carbonyl (C=O) groups excluding carboxylic acids is 1. The highest BCUT2D eigenvalue weighted by molar-refractivity contribution is 14.1. The number of hydrogen-bond donors (Lipinski definition) is 4. The zero-order chi connectivity index (χ0) is 20.1. The lowest BCUT2D eigenvalue weighted by Crippen LogP contribution is -2.32. The second-order valence-electron chi connectivity index (χ2n) is 5.79. The molecule has 4 N–H and O–H groups in total. The summed E-state index contributed by atoms with van der Waals surface area (Å²) in [7, 11) is 1.48. The minimum Gasteiger partial charge on any atom is -0.394 e. The number of amides is 1. The van der Waals surface area contributed by atoms with Crippen molar-refractivity contribution in [3.05, 3.63) is 55.3 Å². The van der Waals surface area contributed by atoms with Gasteiger partial charge in [-0.15, -0.1) is 0 Å². The average Bonchev–Trinajstić information content (AvgIpc) is 2.63. The Morgan fingerprint density at radius 2 is 2.15 bits per heavy atom. The number of benzene rings is 1. The predicted octanol–water partition coefficient (Wildman–Crippen LogP) is 1.20. The van der Waals surface area contributed by atoms with Gasteiger partial charge >= 0.3 is 0 Å². The van der Waals surface area contributed by atoms with Crippen molar-refractivity contribution in [2.75, 3.05) is 18.5 Å². The maximum Gasteiger partial charge on any atom is 0.278 e. The fourth-order valence-corrected chi connectivity index (χ4v) is 2.71. The van der Waals surface area contributed by atoms with Gasteiger partial charge in [-0.25, -0.2) is 9.87 Å². The molecule has 1 aromatic carbocycles. The van der Waals surface area contributed by atoms with E-state index in [9.17, 15) is 19.1 Å². The molecule has 0 saturated carbocycles. The molecule has 146 valence electrons. The highest BCUT2D eigenvalue weighted by atomic mass is 127. The van der Waals surface area contributed by atoms with Crippen LogP contribution in [0.1, 0.15) is 15.9 Å². The molecule has 0 aliphatic rings. The van der Waals surface area contributed by atoms with Crippen molar-refractivity contribution < 1.29 is 24.2 Å². The Hall–Kier alpha value is -2.02. The zero-order valence-corrected chi connectivity index (χ0v) is 16.8. The zero-order valence-electron chi connectivity index (χ0n) is 14.6. The van der Waals surface area contributed by atoms with Gasteiger partial charge < -0.3 is 20.1 Å². The third-order valence-corrected chi connectivity index (χ3v) is 4.37. The van der Waals surface area contributed by atoms with Crippen molar-refractivity contribution in [1.82, 2.24) is 10.0 Å². The number of rotatable bonds is 7. The number of nitrogens with zero attached hydrogens (tertiary/aromatic N) is 1. The van der Waals surface area contributed by atoms with Crippen LogP contribution in [0.5, 0.6) is 0 Å². The minimum absolute atomic E-state index is 0.0473. The van der Waals surface area contributed by atoms with Gasteiger partial charge in [0.05, 0.1) is 23.5 Å². The average molecular weight is 491 g/mol. The molecule has 0 aliphatic carbocycles. The monoisotopic (exact) mass is 491 g/mol. The maximum atomic E-state index is 14.2. The number of aliphatic hydroxyl groups is 2. The Bertz CT molecular complexity index is 903. The van der Waals surface area contributed by atoms with E-state index in [-0.39, 0.29) is 34.7 Å². The van der Waals surface area contributed by atoms with Crippen molar-refractivity contribution in [3.63, 3.8) is 0 Å². The molecule has 0 aliphatic heterocycles. The van der Waals surface area contributed by atoms with E-state index in [0.717, 1.165) is 0 Å². The van der Waals surface area contributed by atoms with Gasteiger partial charge in [-0.05, 0) is 47.7 Å². The molecule has 1 unspecified atom stereocenters. The van der Waals surface area contributed by atoms with Gasteiger partial charge in [0.25, 0.3) is 11.5 Å². The van der Waals surface area contributed by atoms with E-state index in [2.05, 4.69) is 10.8 Å². The largest absolute Gasteiger partial charge is 0.394 e. The first-order valence-corrected chi connectivity index (χ1v) is 8.95. The molecular formula is C17H19FIN3O5. The third-order valence-electron chi connectivity index (χ3n) is 3.69. The summed E-state index contributed by atoms with van der Waals surface area (Å²) in [4.78, 5) is 29.5. The van der Waals surface area contributed by atoms with Crippen LogP contribution in [0, 0.1) is 16.3 Å². The lowest BCUT2D eigenvalue weighted by atomic mass is 10.1. The van der Waals surface area contributed by atoms with Gasteiger partial charge in [0.1, 0.15) is 18.5 Å². The van der Waals surface area contributed by atoms with Crippen LogP contribution in [-0.4, -0.2) is 40.0 Å². The van der Waals surface area contributed by atoms with E-state index >= 15 is 0 Å². The van der Waals surface area contributed by atoms with Crippen molar-refractivity contribution in [1.29, 1.82) is 0 Å². The fraction of sp³-hybridized carbons (Fsp3) is 0.294. The number of halogens is 2. The van der Waals surface area contributed by atoms with Gasteiger partial charge in [0.15, 0.2) is 0 Å². The molecule has 8 nitrogen and oxygen atoms in total. The summed E-state index contributed by atoms with van der Waals surface area (Å²) in [5.41, 5.74) is 2.29. The maximum absolute atomic E-state index is 14.2. The van der Waals surface area contributed by atoms with Crippen LogP contribution in [-0.2, 0) is 11.9 Å². The first-order valence-electron chi connectivity index (χ1n) is 7.88.